The molecular weight excluding hydrogens is 283 g/mol. The number of rotatable bonds is 4. The molecule has 1 aliphatic rings. The van der Waals surface area contributed by atoms with E-state index in [2.05, 4.69) is 4.98 Å². The fourth-order valence-electron chi connectivity index (χ4n) is 3.08. The van der Waals surface area contributed by atoms with Crippen LogP contribution >= 0.6 is 0 Å². The molecule has 0 amide bonds. The van der Waals surface area contributed by atoms with Crippen molar-refractivity contribution in [2.75, 3.05) is 6.54 Å². The number of aliphatic carboxylic acids is 1. The lowest BCUT2D eigenvalue weighted by atomic mass is 10.00. The van der Waals surface area contributed by atoms with Gasteiger partial charge in [-0.3, -0.25) is 14.7 Å². The lowest BCUT2D eigenvalue weighted by Crippen LogP contribution is -2.39. The number of halogens is 1. The summed E-state index contributed by atoms with van der Waals surface area (Å²) in [7, 11) is 0. The maximum Gasteiger partial charge on any atom is 0.320 e. The van der Waals surface area contributed by atoms with E-state index in [1.54, 1.807) is 18.3 Å². The normalized spacial score (nSPS) is 20.0. The van der Waals surface area contributed by atoms with Gasteiger partial charge in [0.15, 0.2) is 0 Å². The molecule has 0 spiro atoms. The zero-order valence-electron chi connectivity index (χ0n) is 12.0. The van der Waals surface area contributed by atoms with Gasteiger partial charge in [0.05, 0.1) is 11.7 Å². The van der Waals surface area contributed by atoms with Crippen molar-refractivity contribution in [2.24, 2.45) is 0 Å². The van der Waals surface area contributed by atoms with E-state index in [4.69, 9.17) is 0 Å². The molecule has 114 valence electrons. The molecule has 1 aromatic carbocycles. The second-order valence-corrected chi connectivity index (χ2v) is 5.44. The van der Waals surface area contributed by atoms with Crippen LogP contribution in [0.5, 0.6) is 0 Å². The Morgan fingerprint density at radius 1 is 1.27 bits per heavy atom. The maximum absolute atomic E-state index is 13.2. The maximum atomic E-state index is 13.2. The Morgan fingerprint density at radius 2 is 2.05 bits per heavy atom. The number of carboxylic acids is 1. The first-order valence-corrected chi connectivity index (χ1v) is 7.32. The third-order valence-corrected chi connectivity index (χ3v) is 4.06. The largest absolute Gasteiger partial charge is 0.480 e. The Hall–Kier alpha value is -2.27. The van der Waals surface area contributed by atoms with Crippen LogP contribution in [0.1, 0.15) is 30.1 Å². The molecule has 1 saturated heterocycles. The number of pyridine rings is 1. The second-order valence-electron chi connectivity index (χ2n) is 5.44. The monoisotopic (exact) mass is 300 g/mol. The van der Waals surface area contributed by atoms with Crippen LogP contribution in [0.2, 0.25) is 0 Å². The standard InChI is InChI=1S/C17H17FN2O2/c18-13-8-6-12(7-9-13)16(14-4-1-2-10-19-14)20-11-3-5-15(20)17(21)22/h1-2,4,6-10,15-16H,3,5,11H2,(H,21,22). The molecular formula is C17H17FN2O2. The van der Waals surface area contributed by atoms with Crippen LogP contribution in [0.25, 0.3) is 0 Å². The van der Waals surface area contributed by atoms with Crippen molar-refractivity contribution in [3.05, 3.63) is 65.7 Å². The number of nitrogens with zero attached hydrogens (tertiary/aromatic N) is 2. The molecule has 0 bridgehead atoms. The number of hydrogen-bond acceptors (Lipinski definition) is 3. The first-order valence-electron chi connectivity index (χ1n) is 7.32. The first-order chi connectivity index (χ1) is 10.7. The van der Waals surface area contributed by atoms with Gasteiger partial charge in [-0.15, -0.1) is 0 Å². The van der Waals surface area contributed by atoms with Crippen LogP contribution in [0.4, 0.5) is 4.39 Å². The van der Waals surface area contributed by atoms with Gasteiger partial charge in [-0.2, -0.15) is 0 Å². The van der Waals surface area contributed by atoms with Crippen LogP contribution < -0.4 is 0 Å². The number of aromatic nitrogens is 1. The van der Waals surface area contributed by atoms with Gasteiger partial charge < -0.3 is 5.11 Å². The molecule has 0 radical (unpaired) electrons. The van der Waals surface area contributed by atoms with Crippen molar-refractivity contribution >= 4 is 5.97 Å². The molecule has 3 rings (SSSR count). The average Bonchev–Trinajstić information content (AvgIpc) is 3.00. The predicted molar refractivity (Wildman–Crippen MR) is 79.8 cm³/mol. The number of carbonyl (C=O) groups is 1. The molecule has 2 heterocycles. The quantitative estimate of drug-likeness (QED) is 0.943. The number of hydrogen-bond donors (Lipinski definition) is 1. The van der Waals surface area contributed by atoms with E-state index in [1.165, 1.54) is 12.1 Å². The van der Waals surface area contributed by atoms with Crippen LogP contribution in [-0.2, 0) is 4.79 Å². The Morgan fingerprint density at radius 3 is 2.68 bits per heavy atom. The second kappa shape index (κ2) is 6.23. The highest BCUT2D eigenvalue weighted by molar-refractivity contribution is 5.74. The summed E-state index contributed by atoms with van der Waals surface area (Å²) in [4.78, 5) is 17.8. The van der Waals surface area contributed by atoms with Crippen molar-refractivity contribution in [3.8, 4) is 0 Å². The summed E-state index contributed by atoms with van der Waals surface area (Å²) in [6.45, 7) is 0.690. The first kappa shape index (κ1) is 14.7. The molecule has 5 heteroatoms. The van der Waals surface area contributed by atoms with Crippen molar-refractivity contribution in [2.45, 2.75) is 24.9 Å². The van der Waals surface area contributed by atoms with Gasteiger partial charge in [0.25, 0.3) is 0 Å². The van der Waals surface area contributed by atoms with Gasteiger partial charge in [0.2, 0.25) is 0 Å². The summed E-state index contributed by atoms with van der Waals surface area (Å²) in [6.07, 6.45) is 3.15. The molecule has 0 saturated carbocycles. The minimum atomic E-state index is -0.819. The highest BCUT2D eigenvalue weighted by Crippen LogP contribution is 2.33. The van der Waals surface area contributed by atoms with Gasteiger partial charge in [-0.05, 0) is 42.7 Å². The molecule has 1 aliphatic heterocycles. The predicted octanol–water partition coefficient (Wildman–Crippen LogP) is 2.86. The van der Waals surface area contributed by atoms with E-state index in [1.807, 2.05) is 23.1 Å². The molecule has 2 unspecified atom stereocenters. The van der Waals surface area contributed by atoms with Crippen molar-refractivity contribution in [3.63, 3.8) is 0 Å². The molecule has 4 nitrogen and oxygen atoms in total. The molecule has 2 aromatic rings. The number of carboxylic acid groups (broad SMARTS) is 1. The summed E-state index contributed by atoms with van der Waals surface area (Å²) in [5.74, 6) is -1.12. The Kier molecular flexibility index (Phi) is 4.15. The number of likely N-dealkylation sites (tertiary alicyclic amines) is 1. The van der Waals surface area contributed by atoms with E-state index < -0.39 is 12.0 Å². The molecule has 1 aromatic heterocycles. The van der Waals surface area contributed by atoms with Crippen LogP contribution in [0.15, 0.2) is 48.7 Å². The van der Waals surface area contributed by atoms with Gasteiger partial charge >= 0.3 is 5.97 Å². The molecule has 1 N–H and O–H groups in total. The highest BCUT2D eigenvalue weighted by atomic mass is 19.1. The average molecular weight is 300 g/mol. The zero-order chi connectivity index (χ0) is 15.5. The SMILES string of the molecule is O=C(O)C1CCCN1C(c1ccc(F)cc1)c1ccccn1. The summed E-state index contributed by atoms with van der Waals surface area (Å²) in [6, 6.07) is 11.0. The van der Waals surface area contributed by atoms with Gasteiger partial charge in [-0.25, -0.2) is 4.39 Å². The van der Waals surface area contributed by atoms with E-state index >= 15 is 0 Å². The minimum absolute atomic E-state index is 0.273. The van der Waals surface area contributed by atoms with Crippen LogP contribution in [0.3, 0.4) is 0 Å². The van der Waals surface area contributed by atoms with E-state index in [0.717, 1.165) is 17.7 Å². The summed E-state index contributed by atoms with van der Waals surface area (Å²) in [5, 5.41) is 9.45. The zero-order valence-corrected chi connectivity index (χ0v) is 12.0. The van der Waals surface area contributed by atoms with E-state index in [9.17, 15) is 14.3 Å². The van der Waals surface area contributed by atoms with Crippen molar-refractivity contribution in [1.82, 2.24) is 9.88 Å². The van der Waals surface area contributed by atoms with Crippen LogP contribution in [0, 0.1) is 5.82 Å². The minimum Gasteiger partial charge on any atom is -0.480 e. The third kappa shape index (κ3) is 2.85. The topological polar surface area (TPSA) is 53.4 Å². The lowest BCUT2D eigenvalue weighted by molar-refractivity contribution is -0.142. The van der Waals surface area contributed by atoms with E-state index in [0.29, 0.717) is 13.0 Å². The Bertz CT molecular complexity index is 645. The molecule has 0 aliphatic carbocycles. The molecule has 1 fully saturated rings. The van der Waals surface area contributed by atoms with Crippen molar-refractivity contribution in [1.29, 1.82) is 0 Å². The summed E-state index contributed by atoms with van der Waals surface area (Å²) in [5.41, 5.74) is 1.63. The van der Waals surface area contributed by atoms with Crippen molar-refractivity contribution < 1.29 is 14.3 Å². The summed E-state index contributed by atoms with van der Waals surface area (Å²) >= 11 is 0. The lowest BCUT2D eigenvalue weighted by Gasteiger charge is -2.31. The fourth-order valence-corrected chi connectivity index (χ4v) is 3.08. The molecule has 2 atom stereocenters. The van der Waals surface area contributed by atoms with Gasteiger partial charge in [0, 0.05) is 12.7 Å². The third-order valence-electron chi connectivity index (χ3n) is 4.06. The Balaban J connectivity index is 2.03. The molecule has 22 heavy (non-hydrogen) atoms. The van der Waals surface area contributed by atoms with E-state index in [-0.39, 0.29) is 11.9 Å². The van der Waals surface area contributed by atoms with Gasteiger partial charge in [-0.1, -0.05) is 18.2 Å². The fraction of sp³-hybridized carbons (Fsp3) is 0.294. The highest BCUT2D eigenvalue weighted by Gasteiger charge is 2.37. The smallest absolute Gasteiger partial charge is 0.320 e. The number of benzene rings is 1. The van der Waals surface area contributed by atoms with Crippen LogP contribution in [-0.4, -0.2) is 33.5 Å². The Labute approximate surface area is 128 Å². The summed E-state index contributed by atoms with van der Waals surface area (Å²) < 4.78 is 13.2. The van der Waals surface area contributed by atoms with Gasteiger partial charge in [0.1, 0.15) is 11.9 Å².